The smallest absolute Gasteiger partial charge is 0.260 e. The third kappa shape index (κ3) is 4.68. The first kappa shape index (κ1) is 19.9. The van der Waals surface area contributed by atoms with Crippen LogP contribution in [0.2, 0.25) is 0 Å². The Labute approximate surface area is 164 Å². The van der Waals surface area contributed by atoms with Crippen LogP contribution >= 0.6 is 0 Å². The van der Waals surface area contributed by atoms with E-state index in [9.17, 15) is 9.59 Å². The summed E-state index contributed by atoms with van der Waals surface area (Å²) in [6, 6.07) is 7.14. The Bertz CT molecular complexity index is 835. The molecule has 0 bridgehead atoms. The number of aryl methyl sites for hydroxylation is 2. The maximum absolute atomic E-state index is 12.8. The van der Waals surface area contributed by atoms with Crippen molar-refractivity contribution in [3.63, 3.8) is 0 Å². The Morgan fingerprint density at radius 1 is 1.25 bits per heavy atom. The van der Waals surface area contributed by atoms with Gasteiger partial charge in [0.25, 0.3) is 11.8 Å². The molecule has 1 aliphatic heterocycles. The Morgan fingerprint density at radius 3 is 2.75 bits per heavy atom. The molecule has 1 unspecified atom stereocenters. The Kier molecular flexibility index (Phi) is 6.28. The molecule has 1 saturated heterocycles. The highest BCUT2D eigenvalue weighted by molar-refractivity contribution is 5.79. The van der Waals surface area contributed by atoms with Gasteiger partial charge in [0.2, 0.25) is 5.91 Å². The van der Waals surface area contributed by atoms with E-state index in [0.29, 0.717) is 49.9 Å². The van der Waals surface area contributed by atoms with Crippen molar-refractivity contribution in [3.05, 3.63) is 41.5 Å². The summed E-state index contributed by atoms with van der Waals surface area (Å²) in [5.41, 5.74) is 1.07. The summed E-state index contributed by atoms with van der Waals surface area (Å²) in [6.45, 7) is 6.87. The van der Waals surface area contributed by atoms with Gasteiger partial charge in [0, 0.05) is 19.5 Å². The highest BCUT2D eigenvalue weighted by Gasteiger charge is 2.34. The molecule has 0 N–H and O–H groups in total. The van der Waals surface area contributed by atoms with Crippen LogP contribution in [0.15, 0.2) is 28.8 Å². The highest BCUT2D eigenvalue weighted by atomic mass is 16.5. The number of ether oxygens (including phenoxy) is 1. The van der Waals surface area contributed by atoms with Crippen LogP contribution in [-0.4, -0.2) is 58.0 Å². The number of rotatable bonds is 5. The average molecular weight is 386 g/mol. The fourth-order valence-electron chi connectivity index (χ4n) is 3.32. The zero-order valence-corrected chi connectivity index (χ0v) is 16.6. The van der Waals surface area contributed by atoms with Crippen molar-refractivity contribution in [1.29, 1.82) is 0 Å². The maximum Gasteiger partial charge on any atom is 0.260 e. The molecule has 1 atom stereocenters. The third-order valence-corrected chi connectivity index (χ3v) is 4.75. The molecule has 0 aliphatic carbocycles. The van der Waals surface area contributed by atoms with E-state index in [1.807, 2.05) is 38.1 Å². The summed E-state index contributed by atoms with van der Waals surface area (Å²) in [4.78, 5) is 33.0. The molecule has 2 heterocycles. The van der Waals surface area contributed by atoms with E-state index >= 15 is 0 Å². The predicted octanol–water partition coefficient (Wildman–Crippen LogP) is 2.28. The molecule has 0 saturated carbocycles. The first-order chi connectivity index (χ1) is 13.5. The highest BCUT2D eigenvalue weighted by Crippen LogP contribution is 2.25. The van der Waals surface area contributed by atoms with Crippen molar-refractivity contribution >= 4 is 11.8 Å². The average Bonchev–Trinajstić information content (AvgIpc) is 2.99. The van der Waals surface area contributed by atoms with Crippen molar-refractivity contribution < 1.29 is 18.8 Å². The molecule has 8 nitrogen and oxygen atoms in total. The number of nitrogens with zero attached hydrogens (tertiary/aromatic N) is 4. The number of hydrogen-bond acceptors (Lipinski definition) is 6. The molecule has 1 fully saturated rings. The topological polar surface area (TPSA) is 88.8 Å². The lowest BCUT2D eigenvalue weighted by atomic mass is 10.2. The van der Waals surface area contributed by atoms with Crippen LogP contribution < -0.4 is 4.74 Å². The molecule has 1 aromatic heterocycles. The molecule has 8 heteroatoms. The van der Waals surface area contributed by atoms with Gasteiger partial charge in [-0.1, -0.05) is 24.2 Å². The van der Waals surface area contributed by atoms with Crippen molar-refractivity contribution in [3.8, 4) is 5.75 Å². The van der Waals surface area contributed by atoms with E-state index in [4.69, 9.17) is 9.26 Å². The minimum Gasteiger partial charge on any atom is -0.484 e. The second-order valence-electron chi connectivity index (χ2n) is 6.93. The monoisotopic (exact) mass is 386 g/mol. The van der Waals surface area contributed by atoms with Gasteiger partial charge in [-0.05, 0) is 38.0 Å². The molecule has 28 heavy (non-hydrogen) atoms. The third-order valence-electron chi connectivity index (χ3n) is 4.75. The molecular weight excluding hydrogens is 360 g/mol. The van der Waals surface area contributed by atoms with Gasteiger partial charge >= 0.3 is 0 Å². The zero-order chi connectivity index (χ0) is 20.1. The molecule has 1 aliphatic rings. The number of amides is 2. The van der Waals surface area contributed by atoms with Crippen molar-refractivity contribution in [2.45, 2.75) is 39.7 Å². The van der Waals surface area contributed by atoms with Crippen LogP contribution in [0.4, 0.5) is 0 Å². The zero-order valence-electron chi connectivity index (χ0n) is 16.6. The number of aromatic nitrogens is 2. The normalized spacial score (nSPS) is 17.3. The molecule has 2 amide bonds. The predicted molar refractivity (Wildman–Crippen MR) is 102 cm³/mol. The van der Waals surface area contributed by atoms with E-state index in [2.05, 4.69) is 10.1 Å². The standard InChI is InChI=1S/C20H26N4O4/c1-4-18(25)24-10-6-9-23(12-17(24)20-21-15(3)22-28-20)19(26)13-27-16-8-5-7-14(2)11-16/h5,7-8,11,17H,4,6,9-10,12-13H2,1-3H3. The fraction of sp³-hybridized carbons (Fsp3) is 0.500. The lowest BCUT2D eigenvalue weighted by molar-refractivity contribution is -0.137. The molecular formula is C20H26N4O4. The first-order valence-electron chi connectivity index (χ1n) is 9.55. The number of carbonyl (C=O) groups excluding carboxylic acids is 2. The number of benzene rings is 1. The lowest BCUT2D eigenvalue weighted by Crippen LogP contribution is -2.41. The van der Waals surface area contributed by atoms with Gasteiger partial charge in [-0.25, -0.2) is 0 Å². The van der Waals surface area contributed by atoms with Gasteiger partial charge < -0.3 is 19.1 Å². The summed E-state index contributed by atoms with van der Waals surface area (Å²) >= 11 is 0. The van der Waals surface area contributed by atoms with E-state index in [0.717, 1.165) is 5.56 Å². The quantitative estimate of drug-likeness (QED) is 0.783. The number of hydrogen-bond donors (Lipinski definition) is 0. The van der Waals surface area contributed by atoms with Crippen LogP contribution in [0, 0.1) is 13.8 Å². The van der Waals surface area contributed by atoms with Crippen molar-refractivity contribution in [2.75, 3.05) is 26.2 Å². The minimum absolute atomic E-state index is 0.00571. The van der Waals surface area contributed by atoms with Gasteiger partial charge in [-0.3, -0.25) is 9.59 Å². The minimum atomic E-state index is -0.445. The summed E-state index contributed by atoms with van der Waals surface area (Å²) in [7, 11) is 0. The number of carbonyl (C=O) groups is 2. The second kappa shape index (κ2) is 8.86. The molecule has 0 radical (unpaired) electrons. The lowest BCUT2D eigenvalue weighted by Gasteiger charge is -2.29. The van der Waals surface area contributed by atoms with Gasteiger partial charge in [-0.2, -0.15) is 4.98 Å². The summed E-state index contributed by atoms with van der Waals surface area (Å²) < 4.78 is 11.0. The van der Waals surface area contributed by atoms with E-state index in [-0.39, 0.29) is 18.4 Å². The maximum atomic E-state index is 12.8. The molecule has 1 aromatic carbocycles. The molecule has 2 aromatic rings. The van der Waals surface area contributed by atoms with Crippen LogP contribution in [-0.2, 0) is 9.59 Å². The van der Waals surface area contributed by atoms with E-state index in [1.165, 1.54) is 0 Å². The molecule has 3 rings (SSSR count). The van der Waals surface area contributed by atoms with Gasteiger partial charge in [0.15, 0.2) is 12.4 Å². The molecule has 0 spiro atoms. The van der Waals surface area contributed by atoms with Crippen LogP contribution in [0.1, 0.15) is 43.1 Å². The largest absolute Gasteiger partial charge is 0.484 e. The van der Waals surface area contributed by atoms with Crippen molar-refractivity contribution in [2.24, 2.45) is 0 Å². The van der Waals surface area contributed by atoms with E-state index in [1.54, 1.807) is 16.7 Å². The van der Waals surface area contributed by atoms with Crippen molar-refractivity contribution in [1.82, 2.24) is 19.9 Å². The van der Waals surface area contributed by atoms with Crippen LogP contribution in [0.25, 0.3) is 0 Å². The first-order valence-corrected chi connectivity index (χ1v) is 9.55. The van der Waals surface area contributed by atoms with Crippen LogP contribution in [0.3, 0.4) is 0 Å². The Hall–Kier alpha value is -2.90. The van der Waals surface area contributed by atoms with E-state index < -0.39 is 6.04 Å². The van der Waals surface area contributed by atoms with Gasteiger partial charge in [-0.15, -0.1) is 0 Å². The molecule has 150 valence electrons. The Morgan fingerprint density at radius 2 is 2.07 bits per heavy atom. The summed E-state index contributed by atoms with van der Waals surface area (Å²) in [5.74, 6) is 1.40. The Balaban J connectivity index is 1.72. The summed E-state index contributed by atoms with van der Waals surface area (Å²) in [5, 5.41) is 3.84. The van der Waals surface area contributed by atoms with Gasteiger partial charge in [0.05, 0.1) is 6.54 Å². The second-order valence-corrected chi connectivity index (χ2v) is 6.93. The van der Waals surface area contributed by atoms with Crippen LogP contribution in [0.5, 0.6) is 5.75 Å². The fourth-order valence-corrected chi connectivity index (χ4v) is 3.32. The SMILES string of the molecule is CCC(=O)N1CCCN(C(=O)COc2cccc(C)c2)CC1c1nc(C)no1. The summed E-state index contributed by atoms with van der Waals surface area (Å²) in [6.07, 6.45) is 1.07. The van der Waals surface area contributed by atoms with Gasteiger partial charge in [0.1, 0.15) is 11.8 Å².